The van der Waals surface area contributed by atoms with Crippen LogP contribution in [0.1, 0.15) is 110 Å². The summed E-state index contributed by atoms with van der Waals surface area (Å²) in [5.41, 5.74) is 0.734. The average Bonchev–Trinajstić information content (AvgIpc) is 3.30. The predicted octanol–water partition coefficient (Wildman–Crippen LogP) is 6.39. The van der Waals surface area contributed by atoms with Gasteiger partial charge in [0.25, 0.3) is 0 Å². The monoisotopic (exact) mass is 587 g/mol. The number of anilines is 1. The van der Waals surface area contributed by atoms with Crippen LogP contribution < -0.4 is 10.5 Å². The van der Waals surface area contributed by atoms with Crippen LogP contribution >= 0.6 is 0 Å². The summed E-state index contributed by atoms with van der Waals surface area (Å²) in [5, 5.41) is 32.6. The van der Waals surface area contributed by atoms with Crippen LogP contribution in [0.5, 0.6) is 0 Å². The fourth-order valence-electron chi connectivity index (χ4n) is 5.44. The van der Waals surface area contributed by atoms with Gasteiger partial charge in [-0.25, -0.2) is 4.79 Å². The van der Waals surface area contributed by atoms with Gasteiger partial charge in [0.15, 0.2) is 0 Å². The number of hydrogen-bond donors (Lipinski definition) is 3. The molecule has 0 radical (unpaired) electrons. The molecule has 1 aromatic carbocycles. The Balaban J connectivity index is 1.69. The van der Waals surface area contributed by atoms with Crippen LogP contribution in [0.2, 0.25) is 0 Å². The number of aliphatic hydroxyl groups is 1. The molecule has 3 N–H and O–H groups in total. The van der Waals surface area contributed by atoms with Crippen molar-refractivity contribution in [2.24, 2.45) is 17.8 Å². The zero-order valence-electron chi connectivity index (χ0n) is 25.6. The first kappa shape index (κ1) is 35.4. The molecule has 9 heteroatoms. The van der Waals surface area contributed by atoms with E-state index in [9.17, 15) is 24.7 Å². The minimum absolute atomic E-state index is 0.00640. The van der Waals surface area contributed by atoms with Gasteiger partial charge in [0.1, 0.15) is 18.4 Å². The van der Waals surface area contributed by atoms with Crippen LogP contribution in [0, 0.1) is 23.0 Å². The highest BCUT2D eigenvalue weighted by molar-refractivity contribution is 5.84. The van der Waals surface area contributed by atoms with Crippen molar-refractivity contribution in [1.82, 2.24) is 5.32 Å². The van der Waals surface area contributed by atoms with Gasteiger partial charge in [-0.05, 0) is 61.6 Å². The molecule has 4 atom stereocenters. The zero-order valence-corrected chi connectivity index (χ0v) is 25.6. The lowest BCUT2D eigenvalue weighted by Gasteiger charge is -2.22. The largest absolute Gasteiger partial charge is 0.733 e. The van der Waals surface area contributed by atoms with Gasteiger partial charge in [0.2, 0.25) is 5.91 Å². The second kappa shape index (κ2) is 19.4. The molecular weight excluding hydrogens is 536 g/mol. The van der Waals surface area contributed by atoms with Crippen molar-refractivity contribution in [3.63, 3.8) is 0 Å². The Hall–Kier alpha value is -2.75. The first-order chi connectivity index (χ1) is 20.1. The minimum Gasteiger partial charge on any atom is -0.733 e. The molecule has 0 aromatic heterocycles. The van der Waals surface area contributed by atoms with Crippen molar-refractivity contribution in [3.8, 4) is 0 Å². The quantitative estimate of drug-likeness (QED) is 0.0690. The lowest BCUT2D eigenvalue weighted by Crippen LogP contribution is -2.42. The highest BCUT2D eigenvalue weighted by atomic mass is 16.8. The molecule has 1 aliphatic carbocycles. The number of ether oxygens (including phenoxy) is 1. The minimum atomic E-state index is -0.741. The van der Waals surface area contributed by atoms with Gasteiger partial charge in [-0.2, -0.15) is 0 Å². The molecule has 1 saturated carbocycles. The standard InChI is InChI=1S/C33H51N2O7/c1-4-5-8-11-28(36)20-16-26-17-21-31(37)29(26)12-9-6-7-10-13-32(38)34-30(22-24(2)3)33(39)42-23-25-14-18-27(19-15-25)35(40)41/h14-16,18-20,24,26,28-30,36,40H,4-13,17,21-23H2,1-3H3,(H,34,38)/q-1. The highest BCUT2D eigenvalue weighted by Crippen LogP contribution is 2.34. The van der Waals surface area contributed by atoms with E-state index in [1.807, 2.05) is 19.9 Å². The molecule has 1 amide bonds. The molecule has 1 aliphatic rings. The van der Waals surface area contributed by atoms with Crippen molar-refractivity contribution in [2.75, 3.05) is 5.23 Å². The van der Waals surface area contributed by atoms with Gasteiger partial charge < -0.3 is 25.6 Å². The number of allylic oxidation sites excluding steroid dienone is 1. The lowest BCUT2D eigenvalue weighted by atomic mass is 9.89. The van der Waals surface area contributed by atoms with E-state index in [4.69, 9.17) is 9.94 Å². The van der Waals surface area contributed by atoms with E-state index < -0.39 is 18.1 Å². The molecule has 0 heterocycles. The Morgan fingerprint density at radius 3 is 2.50 bits per heavy atom. The third kappa shape index (κ3) is 13.5. The average molecular weight is 588 g/mol. The fourth-order valence-corrected chi connectivity index (χ4v) is 5.44. The molecular formula is C33H51N2O7-. The molecule has 0 saturated heterocycles. The first-order valence-corrected chi connectivity index (χ1v) is 15.7. The Kier molecular flexibility index (Phi) is 16.4. The molecule has 4 unspecified atom stereocenters. The van der Waals surface area contributed by atoms with Crippen LogP contribution in [0.3, 0.4) is 0 Å². The van der Waals surface area contributed by atoms with Crippen LogP contribution in [0.25, 0.3) is 0 Å². The van der Waals surface area contributed by atoms with Gasteiger partial charge in [-0.1, -0.05) is 83.6 Å². The number of rotatable bonds is 20. The summed E-state index contributed by atoms with van der Waals surface area (Å²) in [4.78, 5) is 37.8. The number of nitrogens with one attached hydrogen (secondary N) is 1. The van der Waals surface area contributed by atoms with Crippen molar-refractivity contribution in [1.29, 1.82) is 0 Å². The number of esters is 1. The second-order valence-electron chi connectivity index (χ2n) is 12.0. The van der Waals surface area contributed by atoms with Crippen LogP contribution in [-0.2, 0) is 25.7 Å². The zero-order chi connectivity index (χ0) is 30.9. The Bertz CT molecular complexity index is 977. The number of nitrogens with zero attached hydrogens (tertiary/aromatic N) is 1. The molecule has 0 aliphatic heterocycles. The van der Waals surface area contributed by atoms with E-state index in [0.29, 0.717) is 37.0 Å². The van der Waals surface area contributed by atoms with Gasteiger partial charge in [-0.15, -0.1) is 0 Å². The highest BCUT2D eigenvalue weighted by Gasteiger charge is 2.32. The van der Waals surface area contributed by atoms with Crippen molar-refractivity contribution in [2.45, 2.75) is 123 Å². The number of carbonyl (C=O) groups excluding carboxylic acids is 3. The van der Waals surface area contributed by atoms with Crippen LogP contribution in [0.4, 0.5) is 5.69 Å². The van der Waals surface area contributed by atoms with Gasteiger partial charge in [0, 0.05) is 18.8 Å². The van der Waals surface area contributed by atoms with Crippen molar-refractivity contribution >= 4 is 23.3 Å². The van der Waals surface area contributed by atoms with Crippen molar-refractivity contribution in [3.05, 3.63) is 47.2 Å². The summed E-state index contributed by atoms with van der Waals surface area (Å²) in [5.74, 6) is 0.0510. The predicted molar refractivity (Wildman–Crippen MR) is 163 cm³/mol. The number of amides is 1. The Morgan fingerprint density at radius 2 is 1.83 bits per heavy atom. The summed E-state index contributed by atoms with van der Waals surface area (Å²) < 4.78 is 5.41. The van der Waals surface area contributed by atoms with E-state index in [1.165, 1.54) is 12.1 Å². The van der Waals surface area contributed by atoms with E-state index in [-0.39, 0.29) is 41.2 Å². The van der Waals surface area contributed by atoms with Gasteiger partial charge >= 0.3 is 5.97 Å². The third-order valence-corrected chi connectivity index (χ3v) is 7.87. The Labute approximate surface area is 251 Å². The first-order valence-electron chi connectivity index (χ1n) is 15.7. The second-order valence-corrected chi connectivity index (χ2v) is 12.0. The number of hydrogen-bond acceptors (Lipinski definition) is 8. The number of aliphatic hydroxyl groups excluding tert-OH is 1. The summed E-state index contributed by atoms with van der Waals surface area (Å²) in [6.45, 7) is 6.08. The number of ketones is 1. The van der Waals surface area contributed by atoms with Gasteiger partial charge in [-0.3, -0.25) is 14.8 Å². The molecule has 2 rings (SSSR count). The number of unbranched alkanes of at least 4 members (excludes halogenated alkanes) is 5. The summed E-state index contributed by atoms with van der Waals surface area (Å²) >= 11 is 0. The number of carbonyl (C=O) groups is 3. The molecule has 9 nitrogen and oxygen atoms in total. The normalized spacial score (nSPS) is 18.4. The van der Waals surface area contributed by atoms with E-state index >= 15 is 0 Å². The molecule has 236 valence electrons. The maximum Gasteiger partial charge on any atom is 0.328 e. The fraction of sp³-hybridized carbons (Fsp3) is 0.667. The van der Waals surface area contributed by atoms with Crippen LogP contribution in [0.15, 0.2) is 36.4 Å². The molecule has 0 bridgehead atoms. The number of Topliss-reactive ketones (excluding diaryl/α,β-unsaturated/α-hetero) is 1. The summed E-state index contributed by atoms with van der Waals surface area (Å²) in [6.07, 6.45) is 14.1. The third-order valence-electron chi connectivity index (χ3n) is 7.87. The summed E-state index contributed by atoms with van der Waals surface area (Å²) in [7, 11) is 0. The van der Waals surface area contributed by atoms with Crippen LogP contribution in [-0.4, -0.2) is 40.1 Å². The van der Waals surface area contributed by atoms with Crippen molar-refractivity contribution < 1.29 is 29.4 Å². The molecule has 0 spiro atoms. The van der Waals surface area contributed by atoms with E-state index in [2.05, 4.69) is 18.3 Å². The summed E-state index contributed by atoms with van der Waals surface area (Å²) in [6, 6.07) is 5.27. The SMILES string of the molecule is CCCCCC(O)C=CC1CCC(=O)C1CCCCCCC(=O)NC(CC(C)C)C(=O)OCc1ccc(N([O-])O)cc1. The maximum absolute atomic E-state index is 12.7. The van der Waals surface area contributed by atoms with E-state index in [0.717, 1.165) is 57.8 Å². The topological polar surface area (TPSA) is 139 Å². The smallest absolute Gasteiger partial charge is 0.328 e. The van der Waals surface area contributed by atoms with E-state index in [1.54, 1.807) is 12.1 Å². The number of benzene rings is 1. The Morgan fingerprint density at radius 1 is 1.12 bits per heavy atom. The van der Waals surface area contributed by atoms with Gasteiger partial charge in [0.05, 0.1) is 11.8 Å². The molecule has 42 heavy (non-hydrogen) atoms. The molecule has 1 fully saturated rings. The molecule has 1 aromatic rings. The lowest BCUT2D eigenvalue weighted by molar-refractivity contribution is -0.149. The maximum atomic E-state index is 12.7.